The van der Waals surface area contributed by atoms with Crippen LogP contribution >= 0.6 is 0 Å². The van der Waals surface area contributed by atoms with E-state index in [2.05, 4.69) is 34.5 Å². The number of hydrogen-bond donors (Lipinski definition) is 1. The molecule has 1 saturated carbocycles. The highest BCUT2D eigenvalue weighted by molar-refractivity contribution is 5.78. The van der Waals surface area contributed by atoms with E-state index < -0.39 is 0 Å². The Balaban J connectivity index is 1.80. The van der Waals surface area contributed by atoms with Gasteiger partial charge in [0.1, 0.15) is 0 Å². The molecule has 0 radical (unpaired) electrons. The summed E-state index contributed by atoms with van der Waals surface area (Å²) in [5, 5.41) is 3.06. The van der Waals surface area contributed by atoms with Crippen LogP contribution in [-0.2, 0) is 4.79 Å². The second kappa shape index (κ2) is 6.75. The second-order valence-corrected chi connectivity index (χ2v) is 5.98. The summed E-state index contributed by atoms with van der Waals surface area (Å²) in [6, 6.07) is 21.2. The van der Waals surface area contributed by atoms with Gasteiger partial charge in [-0.05, 0) is 31.0 Å². The van der Waals surface area contributed by atoms with Crippen molar-refractivity contribution in [1.82, 2.24) is 10.2 Å². The lowest BCUT2D eigenvalue weighted by Gasteiger charge is -2.28. The molecule has 0 aliphatic heterocycles. The van der Waals surface area contributed by atoms with Crippen molar-refractivity contribution in [2.75, 3.05) is 13.6 Å². The van der Waals surface area contributed by atoms with Gasteiger partial charge in [-0.2, -0.15) is 0 Å². The van der Waals surface area contributed by atoms with E-state index >= 15 is 0 Å². The summed E-state index contributed by atoms with van der Waals surface area (Å²) < 4.78 is 0. The number of nitrogens with one attached hydrogen (secondary N) is 1. The summed E-state index contributed by atoms with van der Waals surface area (Å²) in [7, 11) is 2.01. The minimum absolute atomic E-state index is 0.0901. The quantitative estimate of drug-likeness (QED) is 0.888. The SMILES string of the molecule is CN(CC(=O)NC1CC1)C(c1ccccc1)c1ccccc1. The lowest BCUT2D eigenvalue weighted by Crippen LogP contribution is -2.38. The number of likely N-dealkylation sites (N-methyl/N-ethyl adjacent to an activating group) is 1. The van der Waals surface area contributed by atoms with Crippen molar-refractivity contribution in [2.45, 2.75) is 24.9 Å². The van der Waals surface area contributed by atoms with Crippen LogP contribution in [0.25, 0.3) is 0 Å². The molecule has 0 unspecified atom stereocenters. The molecule has 3 nitrogen and oxygen atoms in total. The maximum absolute atomic E-state index is 12.1. The van der Waals surface area contributed by atoms with Gasteiger partial charge in [-0.25, -0.2) is 0 Å². The fourth-order valence-corrected chi connectivity index (χ4v) is 2.79. The lowest BCUT2D eigenvalue weighted by molar-refractivity contribution is -0.122. The van der Waals surface area contributed by atoms with E-state index in [-0.39, 0.29) is 11.9 Å². The first-order chi connectivity index (χ1) is 10.7. The first kappa shape index (κ1) is 14.8. The summed E-state index contributed by atoms with van der Waals surface area (Å²) >= 11 is 0. The van der Waals surface area contributed by atoms with Gasteiger partial charge in [0.15, 0.2) is 0 Å². The molecule has 1 N–H and O–H groups in total. The zero-order valence-corrected chi connectivity index (χ0v) is 12.9. The molecule has 0 atom stereocenters. The van der Waals surface area contributed by atoms with Gasteiger partial charge < -0.3 is 5.32 Å². The molecular formula is C19H22N2O. The fraction of sp³-hybridized carbons (Fsp3) is 0.316. The molecule has 22 heavy (non-hydrogen) atoms. The number of hydrogen-bond acceptors (Lipinski definition) is 2. The third kappa shape index (κ3) is 3.74. The number of carbonyl (C=O) groups excluding carboxylic acids is 1. The monoisotopic (exact) mass is 294 g/mol. The van der Waals surface area contributed by atoms with Crippen LogP contribution in [-0.4, -0.2) is 30.4 Å². The minimum atomic E-state index is 0.0901. The van der Waals surface area contributed by atoms with Gasteiger partial charge in [0.25, 0.3) is 0 Å². The molecule has 1 aliphatic rings. The third-order valence-corrected chi connectivity index (χ3v) is 4.01. The van der Waals surface area contributed by atoms with Crippen LogP contribution in [0.4, 0.5) is 0 Å². The third-order valence-electron chi connectivity index (χ3n) is 4.01. The maximum Gasteiger partial charge on any atom is 0.234 e. The number of amides is 1. The maximum atomic E-state index is 12.1. The van der Waals surface area contributed by atoms with Gasteiger partial charge >= 0.3 is 0 Å². The highest BCUT2D eigenvalue weighted by Crippen LogP contribution is 2.27. The summed E-state index contributed by atoms with van der Waals surface area (Å²) in [6.07, 6.45) is 2.24. The van der Waals surface area contributed by atoms with Crippen molar-refractivity contribution in [1.29, 1.82) is 0 Å². The number of benzene rings is 2. The Hall–Kier alpha value is -2.13. The van der Waals surface area contributed by atoms with E-state index in [0.29, 0.717) is 12.6 Å². The van der Waals surface area contributed by atoms with E-state index in [1.165, 1.54) is 11.1 Å². The molecule has 1 aliphatic carbocycles. The Labute approximate surface area is 132 Å². The van der Waals surface area contributed by atoms with E-state index in [1.807, 2.05) is 43.4 Å². The molecule has 1 fully saturated rings. The Bertz CT molecular complexity index is 568. The Kier molecular flexibility index (Phi) is 4.54. The first-order valence-electron chi connectivity index (χ1n) is 7.83. The molecule has 2 aromatic rings. The van der Waals surface area contributed by atoms with Crippen LogP contribution in [0.15, 0.2) is 60.7 Å². The van der Waals surface area contributed by atoms with Crippen molar-refractivity contribution < 1.29 is 4.79 Å². The molecule has 2 aromatic carbocycles. The van der Waals surface area contributed by atoms with Gasteiger partial charge in [-0.1, -0.05) is 60.7 Å². The van der Waals surface area contributed by atoms with Gasteiger partial charge in [-0.15, -0.1) is 0 Å². The van der Waals surface area contributed by atoms with Gasteiger partial charge in [0.2, 0.25) is 5.91 Å². The average Bonchev–Trinajstić information content (AvgIpc) is 3.33. The smallest absolute Gasteiger partial charge is 0.234 e. The zero-order valence-electron chi connectivity index (χ0n) is 12.9. The van der Waals surface area contributed by atoms with Crippen LogP contribution in [0, 0.1) is 0 Å². The predicted molar refractivity (Wildman–Crippen MR) is 88.5 cm³/mol. The van der Waals surface area contributed by atoms with Crippen LogP contribution in [0.2, 0.25) is 0 Å². The molecule has 3 rings (SSSR count). The topological polar surface area (TPSA) is 32.3 Å². The Morgan fingerprint density at radius 3 is 2.00 bits per heavy atom. The van der Waals surface area contributed by atoms with Crippen LogP contribution < -0.4 is 5.32 Å². The largest absolute Gasteiger partial charge is 0.352 e. The fourth-order valence-electron chi connectivity index (χ4n) is 2.79. The van der Waals surface area contributed by atoms with Crippen molar-refractivity contribution in [2.24, 2.45) is 0 Å². The number of rotatable bonds is 6. The standard InChI is InChI=1S/C19H22N2O/c1-21(14-18(22)20-17-12-13-17)19(15-8-4-2-5-9-15)16-10-6-3-7-11-16/h2-11,17,19H,12-14H2,1H3,(H,20,22). The average molecular weight is 294 g/mol. The number of carbonyl (C=O) groups is 1. The number of nitrogens with zero attached hydrogens (tertiary/aromatic N) is 1. The van der Waals surface area contributed by atoms with E-state index in [1.54, 1.807) is 0 Å². The summed E-state index contributed by atoms with van der Waals surface area (Å²) in [5.41, 5.74) is 2.41. The van der Waals surface area contributed by atoms with Crippen molar-refractivity contribution in [3.05, 3.63) is 71.8 Å². The van der Waals surface area contributed by atoms with Crippen molar-refractivity contribution >= 4 is 5.91 Å². The summed E-state index contributed by atoms with van der Waals surface area (Å²) in [5.74, 6) is 0.113. The summed E-state index contributed by atoms with van der Waals surface area (Å²) in [6.45, 7) is 0.408. The first-order valence-corrected chi connectivity index (χ1v) is 7.83. The van der Waals surface area contributed by atoms with Crippen molar-refractivity contribution in [3.8, 4) is 0 Å². The van der Waals surface area contributed by atoms with Crippen molar-refractivity contribution in [3.63, 3.8) is 0 Å². The molecule has 0 aromatic heterocycles. The zero-order chi connectivity index (χ0) is 15.4. The summed E-state index contributed by atoms with van der Waals surface area (Å²) in [4.78, 5) is 14.2. The highest BCUT2D eigenvalue weighted by atomic mass is 16.2. The molecule has 0 heterocycles. The normalized spacial score (nSPS) is 14.3. The van der Waals surface area contributed by atoms with Crippen LogP contribution in [0.1, 0.15) is 30.0 Å². The van der Waals surface area contributed by atoms with Gasteiger partial charge in [0.05, 0.1) is 12.6 Å². The highest BCUT2D eigenvalue weighted by Gasteiger charge is 2.26. The lowest BCUT2D eigenvalue weighted by atomic mass is 9.97. The van der Waals surface area contributed by atoms with E-state index in [0.717, 1.165) is 12.8 Å². The molecular weight excluding hydrogens is 272 g/mol. The minimum Gasteiger partial charge on any atom is -0.352 e. The Morgan fingerprint density at radius 1 is 1.05 bits per heavy atom. The molecule has 0 spiro atoms. The molecule has 114 valence electrons. The molecule has 1 amide bonds. The molecule has 0 saturated heterocycles. The van der Waals surface area contributed by atoms with Gasteiger partial charge in [-0.3, -0.25) is 9.69 Å². The van der Waals surface area contributed by atoms with E-state index in [9.17, 15) is 4.79 Å². The Morgan fingerprint density at radius 2 is 1.55 bits per heavy atom. The van der Waals surface area contributed by atoms with Crippen LogP contribution in [0.5, 0.6) is 0 Å². The second-order valence-electron chi connectivity index (χ2n) is 5.98. The van der Waals surface area contributed by atoms with E-state index in [4.69, 9.17) is 0 Å². The molecule has 3 heteroatoms. The molecule has 0 bridgehead atoms. The predicted octanol–water partition coefficient (Wildman–Crippen LogP) is 2.99. The van der Waals surface area contributed by atoms with Gasteiger partial charge in [0, 0.05) is 6.04 Å². The van der Waals surface area contributed by atoms with Crippen LogP contribution in [0.3, 0.4) is 0 Å².